The number of nitrogens with two attached hydrogens (primary N) is 1. The summed E-state index contributed by atoms with van der Waals surface area (Å²) in [6, 6.07) is -1.34. The van der Waals surface area contributed by atoms with Crippen molar-refractivity contribution in [2.45, 2.75) is 26.3 Å². The van der Waals surface area contributed by atoms with E-state index in [-0.39, 0.29) is 0 Å². The molecule has 2 amide bonds. The summed E-state index contributed by atoms with van der Waals surface area (Å²) >= 11 is 0. The third-order valence-electron chi connectivity index (χ3n) is 2.74. The van der Waals surface area contributed by atoms with Crippen LogP contribution in [0.5, 0.6) is 0 Å². The number of carbonyl (C=O) groups excluding carboxylic acids is 2. The van der Waals surface area contributed by atoms with Gasteiger partial charge in [-0.25, -0.2) is 4.79 Å². The van der Waals surface area contributed by atoms with Gasteiger partial charge >= 0.3 is 5.97 Å². The molecule has 1 heterocycles. The quantitative estimate of drug-likeness (QED) is 0.637. The first-order valence-corrected chi connectivity index (χ1v) is 5.56. The number of aromatic nitrogens is 2. The maximum absolute atomic E-state index is 12.0. The number of nitrogens with one attached hydrogen (secondary N) is 1. The molecule has 1 aromatic rings. The third-order valence-corrected chi connectivity index (χ3v) is 2.74. The highest BCUT2D eigenvalue weighted by Gasteiger charge is 2.25. The summed E-state index contributed by atoms with van der Waals surface area (Å²) in [5.41, 5.74) is 6.34. The molecule has 4 N–H and O–H groups in total. The predicted octanol–water partition coefficient (Wildman–Crippen LogP) is -0.905. The molecule has 1 aromatic heterocycles. The number of nitrogens with zero attached hydrogens (tertiary/aromatic N) is 2. The number of aryl methyl sites for hydroxylation is 2. The van der Waals surface area contributed by atoms with Crippen molar-refractivity contribution in [3.05, 3.63) is 17.0 Å². The summed E-state index contributed by atoms with van der Waals surface area (Å²) < 4.78 is 1.52. The standard InChI is InChI=1S/C11H16N4O4/c1-5-9(6(2)15(3)14-5)10(17)13-7(11(18)19)4-8(12)16/h7H,4H2,1-3H3,(H2,12,16)(H,13,17)(H,18,19). The first-order chi connectivity index (χ1) is 8.73. The topological polar surface area (TPSA) is 127 Å². The average Bonchev–Trinajstić information content (AvgIpc) is 2.51. The van der Waals surface area contributed by atoms with Crippen LogP contribution in [0.15, 0.2) is 0 Å². The number of rotatable bonds is 5. The first kappa shape index (κ1) is 14.7. The molecule has 0 bridgehead atoms. The molecular weight excluding hydrogens is 252 g/mol. The predicted molar refractivity (Wildman–Crippen MR) is 65.4 cm³/mol. The van der Waals surface area contributed by atoms with E-state index < -0.39 is 30.2 Å². The van der Waals surface area contributed by atoms with Crippen LogP contribution >= 0.6 is 0 Å². The van der Waals surface area contributed by atoms with Crippen molar-refractivity contribution in [1.29, 1.82) is 0 Å². The van der Waals surface area contributed by atoms with E-state index in [4.69, 9.17) is 10.8 Å². The largest absolute Gasteiger partial charge is 0.480 e. The number of hydrogen-bond acceptors (Lipinski definition) is 4. The summed E-state index contributed by atoms with van der Waals surface area (Å²) in [4.78, 5) is 33.7. The molecular formula is C11H16N4O4. The highest BCUT2D eigenvalue weighted by molar-refractivity contribution is 5.99. The van der Waals surface area contributed by atoms with Gasteiger partial charge in [-0.2, -0.15) is 5.10 Å². The van der Waals surface area contributed by atoms with Crippen molar-refractivity contribution in [3.8, 4) is 0 Å². The SMILES string of the molecule is Cc1nn(C)c(C)c1C(=O)NC(CC(N)=O)C(=O)O. The molecule has 0 aromatic carbocycles. The minimum Gasteiger partial charge on any atom is -0.480 e. The number of amides is 2. The van der Waals surface area contributed by atoms with Crippen LogP contribution in [0.2, 0.25) is 0 Å². The molecule has 8 nitrogen and oxygen atoms in total. The van der Waals surface area contributed by atoms with Gasteiger partial charge in [-0.1, -0.05) is 0 Å². The molecule has 104 valence electrons. The highest BCUT2D eigenvalue weighted by atomic mass is 16.4. The molecule has 1 unspecified atom stereocenters. The summed E-state index contributed by atoms with van der Waals surface area (Å²) in [6.45, 7) is 3.34. The smallest absolute Gasteiger partial charge is 0.326 e. The number of carbonyl (C=O) groups is 3. The first-order valence-electron chi connectivity index (χ1n) is 5.56. The van der Waals surface area contributed by atoms with E-state index in [1.165, 1.54) is 4.68 Å². The molecule has 0 aliphatic carbocycles. The highest BCUT2D eigenvalue weighted by Crippen LogP contribution is 2.12. The Kier molecular flexibility index (Phi) is 4.26. The lowest BCUT2D eigenvalue weighted by Crippen LogP contribution is -2.43. The maximum Gasteiger partial charge on any atom is 0.326 e. The molecule has 0 spiro atoms. The fraction of sp³-hybridized carbons (Fsp3) is 0.455. The van der Waals surface area contributed by atoms with Crippen LogP contribution in [0.1, 0.15) is 28.2 Å². The van der Waals surface area contributed by atoms with Gasteiger partial charge in [0.1, 0.15) is 6.04 Å². The van der Waals surface area contributed by atoms with Gasteiger partial charge in [-0.05, 0) is 13.8 Å². The van der Waals surface area contributed by atoms with Gasteiger partial charge in [0.25, 0.3) is 5.91 Å². The Labute approximate surface area is 109 Å². The van der Waals surface area contributed by atoms with E-state index in [9.17, 15) is 14.4 Å². The lowest BCUT2D eigenvalue weighted by molar-refractivity contribution is -0.140. The van der Waals surface area contributed by atoms with Crippen LogP contribution in [-0.4, -0.2) is 38.7 Å². The lowest BCUT2D eigenvalue weighted by Gasteiger charge is -2.12. The monoisotopic (exact) mass is 268 g/mol. The molecule has 0 fully saturated rings. The molecule has 19 heavy (non-hydrogen) atoms. The Hall–Kier alpha value is -2.38. The van der Waals surface area contributed by atoms with Gasteiger partial charge in [0, 0.05) is 12.7 Å². The fourth-order valence-corrected chi connectivity index (χ4v) is 1.73. The second-order valence-corrected chi connectivity index (χ2v) is 4.20. The summed E-state index contributed by atoms with van der Waals surface area (Å²) in [6.07, 6.45) is -0.459. The Morgan fingerprint density at radius 1 is 1.42 bits per heavy atom. The van der Waals surface area contributed by atoms with E-state index >= 15 is 0 Å². The van der Waals surface area contributed by atoms with Crippen molar-refractivity contribution in [2.75, 3.05) is 0 Å². The Morgan fingerprint density at radius 2 is 2.00 bits per heavy atom. The maximum atomic E-state index is 12.0. The normalized spacial score (nSPS) is 11.9. The minimum absolute atomic E-state index is 0.304. The Morgan fingerprint density at radius 3 is 2.37 bits per heavy atom. The van der Waals surface area contributed by atoms with Crippen molar-refractivity contribution >= 4 is 17.8 Å². The van der Waals surface area contributed by atoms with E-state index in [2.05, 4.69) is 10.4 Å². The van der Waals surface area contributed by atoms with Crippen LogP contribution < -0.4 is 11.1 Å². The molecule has 0 aliphatic heterocycles. The number of carboxylic acids is 1. The van der Waals surface area contributed by atoms with Crippen molar-refractivity contribution in [3.63, 3.8) is 0 Å². The lowest BCUT2D eigenvalue weighted by atomic mass is 10.1. The zero-order valence-electron chi connectivity index (χ0n) is 10.9. The van der Waals surface area contributed by atoms with Crippen LogP contribution in [-0.2, 0) is 16.6 Å². The van der Waals surface area contributed by atoms with Crippen molar-refractivity contribution in [2.24, 2.45) is 12.8 Å². The third kappa shape index (κ3) is 3.30. The van der Waals surface area contributed by atoms with E-state index in [0.717, 1.165) is 0 Å². The van der Waals surface area contributed by atoms with Crippen molar-refractivity contribution < 1.29 is 19.5 Å². The fourth-order valence-electron chi connectivity index (χ4n) is 1.73. The van der Waals surface area contributed by atoms with Gasteiger partial charge in [-0.3, -0.25) is 14.3 Å². The number of hydrogen-bond donors (Lipinski definition) is 3. The second kappa shape index (κ2) is 5.51. The van der Waals surface area contributed by atoms with Gasteiger partial charge < -0.3 is 16.2 Å². The molecule has 1 atom stereocenters. The summed E-state index contributed by atoms with van der Waals surface area (Å²) in [5, 5.41) is 15.2. The zero-order chi connectivity index (χ0) is 14.7. The second-order valence-electron chi connectivity index (χ2n) is 4.20. The van der Waals surface area contributed by atoms with Gasteiger partial charge in [0.2, 0.25) is 5.91 Å². The Balaban J connectivity index is 2.94. The molecule has 0 saturated heterocycles. The molecule has 1 rings (SSSR count). The molecule has 0 aliphatic rings. The van der Waals surface area contributed by atoms with Gasteiger partial charge in [0.15, 0.2) is 0 Å². The van der Waals surface area contributed by atoms with E-state index in [0.29, 0.717) is 17.0 Å². The van der Waals surface area contributed by atoms with Crippen molar-refractivity contribution in [1.82, 2.24) is 15.1 Å². The van der Waals surface area contributed by atoms with Gasteiger partial charge in [0.05, 0.1) is 17.7 Å². The van der Waals surface area contributed by atoms with Crippen LogP contribution in [0.25, 0.3) is 0 Å². The van der Waals surface area contributed by atoms with Crippen LogP contribution in [0, 0.1) is 13.8 Å². The average molecular weight is 268 g/mol. The number of carboxylic acid groups (broad SMARTS) is 1. The summed E-state index contributed by atoms with van der Waals surface area (Å²) in [7, 11) is 1.68. The van der Waals surface area contributed by atoms with E-state index in [1.54, 1.807) is 20.9 Å². The van der Waals surface area contributed by atoms with Crippen LogP contribution in [0.3, 0.4) is 0 Å². The molecule has 0 saturated carbocycles. The number of primary amides is 1. The minimum atomic E-state index is -1.34. The Bertz CT molecular complexity index is 535. The van der Waals surface area contributed by atoms with E-state index in [1.807, 2.05) is 0 Å². The van der Waals surface area contributed by atoms with Gasteiger partial charge in [-0.15, -0.1) is 0 Å². The molecule has 0 radical (unpaired) electrons. The number of aliphatic carboxylic acids is 1. The van der Waals surface area contributed by atoms with Crippen LogP contribution in [0.4, 0.5) is 0 Å². The molecule has 8 heteroatoms. The zero-order valence-corrected chi connectivity index (χ0v) is 10.9. The summed E-state index contributed by atoms with van der Waals surface area (Å²) in [5.74, 6) is -2.70.